The van der Waals surface area contributed by atoms with Crippen molar-refractivity contribution in [3.63, 3.8) is 0 Å². The highest BCUT2D eigenvalue weighted by atomic mass is 19.4. The molecule has 0 bridgehead atoms. The van der Waals surface area contributed by atoms with E-state index in [2.05, 4.69) is 98.1 Å². The number of urea groups is 1. The fraction of sp³-hybridized carbons (Fsp3) is 0.977. The lowest BCUT2D eigenvalue weighted by atomic mass is 9.88. The molecule has 3 amide bonds. The van der Waals surface area contributed by atoms with Crippen molar-refractivity contribution in [1.82, 2.24) is 83.3 Å². The number of alkyl halides is 12. The van der Waals surface area contributed by atoms with E-state index < -0.39 is 56.7 Å². The summed E-state index contributed by atoms with van der Waals surface area (Å²) in [6.07, 6.45) is 9.31. The molecule has 0 unspecified atom stereocenters. The molecule has 11 fully saturated rings. The van der Waals surface area contributed by atoms with Gasteiger partial charge in [-0.25, -0.2) is 22.8 Å². The van der Waals surface area contributed by atoms with Crippen molar-refractivity contribution in [3.05, 3.63) is 0 Å². The van der Waals surface area contributed by atoms with Crippen LogP contribution >= 0.6 is 0 Å². The van der Waals surface area contributed by atoms with E-state index in [-0.39, 0.29) is 50.6 Å². The maximum Gasteiger partial charge on any atom is 0.410 e. The zero-order valence-electron chi connectivity index (χ0n) is 78.0. The maximum atomic E-state index is 12.6. The van der Waals surface area contributed by atoms with Crippen molar-refractivity contribution in [2.24, 2.45) is 0 Å². The molecule has 722 valence electrons. The zero-order valence-corrected chi connectivity index (χ0v) is 78.0. The number of methoxy groups -OCH3 is 1. The summed E-state index contributed by atoms with van der Waals surface area (Å²) in [6, 6.07) is 4.65. The number of piperidine rings is 8. The second-order valence-corrected chi connectivity index (χ2v) is 36.3. The molecule has 35 heteroatoms. The summed E-state index contributed by atoms with van der Waals surface area (Å²) in [6.45, 7) is 27.5. The third kappa shape index (κ3) is 45.5. The van der Waals surface area contributed by atoms with E-state index in [1.165, 1.54) is 104 Å². The molecule has 11 rings (SSSR count). The molecule has 23 nitrogen and oxygen atoms in total. The van der Waals surface area contributed by atoms with E-state index in [0.717, 1.165) is 191 Å². The second-order valence-electron chi connectivity index (χ2n) is 36.3. The molecular weight excluding hydrogens is 1610 g/mol. The predicted octanol–water partition coefficient (Wildman–Crippen LogP) is 11.4. The van der Waals surface area contributed by atoms with Gasteiger partial charge in [0.1, 0.15) is 19.8 Å². The molecule has 8 saturated heterocycles. The summed E-state index contributed by atoms with van der Waals surface area (Å²) in [5.41, 5.74) is 0. The molecule has 0 atom stereocenters. The van der Waals surface area contributed by atoms with Crippen molar-refractivity contribution >= 4 is 12.1 Å². The van der Waals surface area contributed by atoms with Gasteiger partial charge < -0.3 is 68.7 Å². The first-order chi connectivity index (χ1) is 57.8. The number of hydrogen-bond donors (Lipinski definition) is 2. The Kier molecular flexibility index (Phi) is 54.2. The van der Waals surface area contributed by atoms with E-state index in [1.807, 2.05) is 56.9 Å². The first-order valence-corrected chi connectivity index (χ1v) is 46.4. The normalized spacial score (nSPS) is 22.0. The second kappa shape index (κ2) is 59.3. The summed E-state index contributed by atoms with van der Waals surface area (Å²) < 4.78 is 158. The number of aliphatic hydroxyl groups is 2. The summed E-state index contributed by atoms with van der Waals surface area (Å²) in [4.78, 5) is 58.8. The van der Waals surface area contributed by atoms with Crippen molar-refractivity contribution in [2.45, 2.75) is 267 Å². The number of aliphatic hydroxyl groups excluding tert-OH is 2. The first kappa shape index (κ1) is 111. The van der Waals surface area contributed by atoms with Crippen molar-refractivity contribution in [1.29, 1.82) is 0 Å². The molecule has 8 heterocycles. The lowest BCUT2D eigenvalue weighted by Crippen LogP contribution is -2.51. The third-order valence-corrected chi connectivity index (χ3v) is 26.4. The molecule has 8 aliphatic heterocycles. The summed E-state index contributed by atoms with van der Waals surface area (Å²) in [5.74, 6) is 0. The molecule has 0 aromatic rings. The fourth-order valence-corrected chi connectivity index (χ4v) is 18.3. The monoisotopic (exact) mass is 1780 g/mol. The van der Waals surface area contributed by atoms with Crippen LogP contribution in [0, 0.1) is 0 Å². The number of halogens is 12. The highest BCUT2D eigenvalue weighted by Crippen LogP contribution is 2.36. The number of rotatable bonds is 29. The summed E-state index contributed by atoms with van der Waals surface area (Å²) in [5, 5.41) is 18.2. The Balaban J connectivity index is 0.000000294. The van der Waals surface area contributed by atoms with Gasteiger partial charge in [0.2, 0.25) is 0 Å². The van der Waals surface area contributed by atoms with Crippen LogP contribution in [0.3, 0.4) is 0 Å². The van der Waals surface area contributed by atoms with Crippen LogP contribution in [0.25, 0.3) is 0 Å². The van der Waals surface area contributed by atoms with Gasteiger partial charge in [0.05, 0.1) is 39.5 Å². The standard InChI is InChI=1S/C12H21F3N2O3.C12H24N2O.C11H19F3N2.C11H23N3O.C11H22N2O.C10H19F3N2.C10H20F2N2.C10H21FN2/c1-16-5-3-10(4-6-16)17(9-12(13,14)15)11(18)20-8-7-19-2;1-13-7-5-12(6-8-13)14(9-10-15)11-3-2-4-11;1-15-6-4-10(5-7-15)16(9-2-3-9)8-11(12,13)14;1-5-14(11(15)12(2)3)10-6-8-13(4)9-7-10;1-12-6-4-11(5-7-12)13(8-9-14)10-2-3-10;1-3-15(8-10(11,12)13)9-4-6-14(2)7-5-9;1-3-14(8-10(11)12)9-4-6-13(2)7-5-9;1-3-13(9-6-11)10-4-7-12(2)8-5-10/h10H,3-9H2,1-2H3;11-12,15H,2-10H2,1H3;9-10H,2-8H2,1H3;10H,5-9H2,1-4H3;10-11,14H,2-9H2,1H3;9H,3-8H2,1-2H3;9-10H,3-8H2,1-2H3;10H,3-9H2,1-2H3. The number of amides is 3. The van der Waals surface area contributed by atoms with E-state index in [0.29, 0.717) is 70.4 Å². The maximum absolute atomic E-state index is 12.6. The van der Waals surface area contributed by atoms with E-state index in [9.17, 15) is 62.3 Å². The molecule has 3 saturated carbocycles. The van der Waals surface area contributed by atoms with Gasteiger partial charge in [-0.05, 0) is 329 Å². The topological polar surface area (TPSA) is 148 Å². The smallest absolute Gasteiger partial charge is 0.410 e. The van der Waals surface area contributed by atoms with Crippen LogP contribution in [0.4, 0.5) is 62.3 Å². The minimum Gasteiger partial charge on any atom is -0.447 e. The van der Waals surface area contributed by atoms with E-state index >= 15 is 0 Å². The van der Waals surface area contributed by atoms with Gasteiger partial charge in [-0.3, -0.25) is 34.3 Å². The first-order valence-electron chi connectivity index (χ1n) is 46.4. The van der Waals surface area contributed by atoms with Crippen molar-refractivity contribution in [2.75, 3.05) is 287 Å². The number of hydrogen-bond acceptors (Lipinski definition) is 20. The number of nitrogens with zero attached hydrogens (tertiary/aromatic N) is 17. The van der Waals surface area contributed by atoms with Crippen LogP contribution in [-0.2, 0) is 9.47 Å². The predicted molar refractivity (Wildman–Crippen MR) is 465 cm³/mol. The number of likely N-dealkylation sites (tertiary alicyclic amines) is 8. The lowest BCUT2D eigenvalue weighted by molar-refractivity contribution is -0.154. The van der Waals surface area contributed by atoms with Gasteiger partial charge in [0.15, 0.2) is 0 Å². The number of ether oxygens (including phenoxy) is 2. The van der Waals surface area contributed by atoms with Crippen molar-refractivity contribution in [3.8, 4) is 0 Å². The van der Waals surface area contributed by atoms with E-state index in [1.54, 1.807) is 21.6 Å². The molecule has 0 aromatic carbocycles. The van der Waals surface area contributed by atoms with Gasteiger partial charge in [0.25, 0.3) is 6.43 Å². The molecule has 2 N–H and O–H groups in total. The molecule has 0 radical (unpaired) electrons. The van der Waals surface area contributed by atoms with Crippen molar-refractivity contribution < 1.29 is 82.0 Å². The molecule has 11 aliphatic rings. The average molecular weight is 1780 g/mol. The highest BCUT2D eigenvalue weighted by Gasteiger charge is 2.44. The Morgan fingerprint density at radius 2 is 0.648 bits per heavy atom. The summed E-state index contributed by atoms with van der Waals surface area (Å²) in [7, 11) is 21.8. The van der Waals surface area contributed by atoms with Crippen LogP contribution in [-0.4, -0.2) is 484 Å². The van der Waals surface area contributed by atoms with Gasteiger partial charge in [-0.2, -0.15) is 39.5 Å². The summed E-state index contributed by atoms with van der Waals surface area (Å²) >= 11 is 0. The number of carbonyl (C=O) groups is 2. The zero-order chi connectivity index (χ0) is 90.7. The van der Waals surface area contributed by atoms with Gasteiger partial charge in [0, 0.05) is 114 Å². The number of carbonyl (C=O) groups excluding carboxylic acids is 2. The molecule has 122 heavy (non-hydrogen) atoms. The Morgan fingerprint density at radius 3 is 0.918 bits per heavy atom. The van der Waals surface area contributed by atoms with Crippen LogP contribution in [0.1, 0.15) is 175 Å². The molecule has 3 aliphatic carbocycles. The van der Waals surface area contributed by atoms with Crippen LogP contribution in [0.5, 0.6) is 0 Å². The Labute approximate surface area is 728 Å². The lowest BCUT2D eigenvalue weighted by Gasteiger charge is -2.45. The third-order valence-electron chi connectivity index (χ3n) is 26.4. The van der Waals surface area contributed by atoms with Crippen LogP contribution in [0.2, 0.25) is 0 Å². The Morgan fingerprint density at radius 1 is 0.361 bits per heavy atom. The molecule has 0 spiro atoms. The Bertz CT molecular complexity index is 2630. The van der Waals surface area contributed by atoms with Crippen LogP contribution < -0.4 is 0 Å². The quantitative estimate of drug-likeness (QED) is 0.0540. The highest BCUT2D eigenvalue weighted by molar-refractivity contribution is 5.74. The molecular formula is C87H169F12N17O6. The van der Waals surface area contributed by atoms with Gasteiger partial charge >= 0.3 is 30.7 Å². The van der Waals surface area contributed by atoms with Gasteiger partial charge in [-0.15, -0.1) is 0 Å². The van der Waals surface area contributed by atoms with E-state index in [4.69, 9.17) is 19.7 Å². The SMILES string of the molecule is CCN(C(=O)N(C)C)C1CCN(C)CC1.CCN(CC(F)(F)F)C1CCN(C)CC1.CCN(CC(F)F)C1CCN(C)CC1.CCN(CCF)C1CCN(C)CC1.CN1CCC(N(CC(F)(F)F)C2CC2)CC1.CN1CCC(N(CCO)C2CC2)CC1.CN1CCC(N(CCO)C2CCC2)CC1.COCCOC(=O)N(CC(F)(F)F)C1CCN(C)CC1. The largest absolute Gasteiger partial charge is 0.447 e. The minimum absolute atomic E-state index is 0.0453. The van der Waals surface area contributed by atoms with Gasteiger partial charge in [-0.1, -0.05) is 27.2 Å². The average Bonchev–Trinajstić information content (AvgIpc) is 1.63. The minimum atomic E-state index is -4.43. The van der Waals surface area contributed by atoms with Crippen LogP contribution in [0.15, 0.2) is 0 Å². The Hall–Kier alpha value is -2.98. The molecule has 0 aromatic heterocycles. The fourth-order valence-electron chi connectivity index (χ4n) is 18.3.